The van der Waals surface area contributed by atoms with E-state index in [0.717, 1.165) is 12.8 Å². The molecule has 9 nitrogen and oxygen atoms in total. The van der Waals surface area contributed by atoms with Gasteiger partial charge in [-0.3, -0.25) is 19.3 Å². The standard InChI is InChI=1S/C30H34N4O5/c1-30(2,3)33-28(36)26(20-9-8-10-22(17-20)39-25-11-6-7-16-32-25)34(29(37)19-12-13-19)23-15-14-21(27(35)31-4)18-24(23)38-5/h6-11,14-19,26H,12-13H2,1-5H3,(H,31,35)(H,33,36). The van der Waals surface area contributed by atoms with E-state index >= 15 is 0 Å². The van der Waals surface area contributed by atoms with E-state index in [0.29, 0.717) is 34.2 Å². The molecule has 3 amide bonds. The SMILES string of the molecule is CNC(=O)c1ccc(N(C(=O)C2CC2)C(C(=O)NC(C)(C)C)c2cccc(Oc3ccccn3)c2)c(OC)c1. The van der Waals surface area contributed by atoms with Crippen molar-refractivity contribution in [3.8, 4) is 17.4 Å². The first-order chi connectivity index (χ1) is 18.6. The number of anilines is 1. The van der Waals surface area contributed by atoms with E-state index in [4.69, 9.17) is 9.47 Å². The zero-order chi connectivity index (χ0) is 28.2. The molecule has 2 N–H and O–H groups in total. The van der Waals surface area contributed by atoms with E-state index in [9.17, 15) is 14.4 Å². The third-order valence-corrected chi connectivity index (χ3v) is 6.13. The number of hydrogen-bond donors (Lipinski definition) is 2. The van der Waals surface area contributed by atoms with Gasteiger partial charge < -0.3 is 20.1 Å². The molecule has 1 aliphatic rings. The zero-order valence-corrected chi connectivity index (χ0v) is 22.9. The van der Waals surface area contributed by atoms with E-state index < -0.39 is 11.6 Å². The molecule has 1 fully saturated rings. The molecule has 39 heavy (non-hydrogen) atoms. The van der Waals surface area contributed by atoms with Crippen molar-refractivity contribution in [1.82, 2.24) is 15.6 Å². The number of carbonyl (C=O) groups is 3. The Morgan fingerprint density at radius 1 is 1.03 bits per heavy atom. The topological polar surface area (TPSA) is 110 Å². The summed E-state index contributed by atoms with van der Waals surface area (Å²) in [7, 11) is 3.01. The summed E-state index contributed by atoms with van der Waals surface area (Å²) in [5.41, 5.74) is 0.765. The van der Waals surface area contributed by atoms with Gasteiger partial charge in [0, 0.05) is 36.3 Å². The summed E-state index contributed by atoms with van der Waals surface area (Å²) in [4.78, 5) is 45.8. The van der Waals surface area contributed by atoms with Crippen LogP contribution in [-0.2, 0) is 9.59 Å². The van der Waals surface area contributed by atoms with Crippen molar-refractivity contribution in [1.29, 1.82) is 0 Å². The highest BCUT2D eigenvalue weighted by molar-refractivity contribution is 6.05. The highest BCUT2D eigenvalue weighted by Gasteiger charge is 2.42. The second-order valence-electron chi connectivity index (χ2n) is 10.4. The molecule has 2 aromatic carbocycles. The first-order valence-electron chi connectivity index (χ1n) is 12.9. The van der Waals surface area contributed by atoms with Crippen molar-refractivity contribution in [2.24, 2.45) is 5.92 Å². The van der Waals surface area contributed by atoms with E-state index in [1.807, 2.05) is 26.8 Å². The molecule has 1 unspecified atom stereocenters. The molecular weight excluding hydrogens is 496 g/mol. The summed E-state index contributed by atoms with van der Waals surface area (Å²) >= 11 is 0. The molecule has 9 heteroatoms. The van der Waals surface area contributed by atoms with E-state index in [1.165, 1.54) is 12.0 Å². The number of benzene rings is 2. The van der Waals surface area contributed by atoms with Crippen LogP contribution in [0.3, 0.4) is 0 Å². The maximum absolute atomic E-state index is 13.9. The third kappa shape index (κ3) is 6.73. The minimum absolute atomic E-state index is 0.189. The quantitative estimate of drug-likeness (QED) is 0.417. The van der Waals surface area contributed by atoms with Gasteiger partial charge in [-0.05, 0) is 75.6 Å². The van der Waals surface area contributed by atoms with Gasteiger partial charge in [0.25, 0.3) is 5.91 Å². The highest BCUT2D eigenvalue weighted by atomic mass is 16.5. The van der Waals surface area contributed by atoms with Gasteiger partial charge in [-0.25, -0.2) is 4.98 Å². The molecule has 204 valence electrons. The number of nitrogens with zero attached hydrogens (tertiary/aromatic N) is 2. The Morgan fingerprint density at radius 2 is 1.79 bits per heavy atom. The summed E-state index contributed by atoms with van der Waals surface area (Å²) in [6, 6.07) is 16.2. The summed E-state index contributed by atoms with van der Waals surface area (Å²) in [5.74, 6) is 0.144. The van der Waals surface area contributed by atoms with Crippen molar-refractivity contribution in [3.05, 3.63) is 78.0 Å². The molecule has 1 saturated carbocycles. The Bertz CT molecular complexity index is 1350. The lowest BCUT2D eigenvalue weighted by Gasteiger charge is -2.34. The third-order valence-electron chi connectivity index (χ3n) is 6.13. The van der Waals surface area contributed by atoms with Gasteiger partial charge in [0.15, 0.2) is 0 Å². The van der Waals surface area contributed by atoms with Crippen LogP contribution >= 0.6 is 0 Å². The number of methoxy groups -OCH3 is 1. The van der Waals surface area contributed by atoms with E-state index in [1.54, 1.807) is 67.8 Å². The normalized spacial score (nSPS) is 13.7. The number of carbonyl (C=O) groups excluding carboxylic acids is 3. The first-order valence-corrected chi connectivity index (χ1v) is 12.9. The molecular formula is C30H34N4O5. The Labute approximate surface area is 228 Å². The second kappa shape index (κ2) is 11.6. The van der Waals surface area contributed by atoms with Crippen LogP contribution in [0.15, 0.2) is 66.9 Å². The smallest absolute Gasteiger partial charge is 0.251 e. The molecule has 0 saturated heterocycles. The van der Waals surface area contributed by atoms with E-state index in [2.05, 4.69) is 15.6 Å². The van der Waals surface area contributed by atoms with Crippen LogP contribution < -0.4 is 25.0 Å². The summed E-state index contributed by atoms with van der Waals surface area (Å²) in [6.07, 6.45) is 3.11. The lowest BCUT2D eigenvalue weighted by Crippen LogP contribution is -2.50. The maximum Gasteiger partial charge on any atom is 0.251 e. The number of rotatable bonds is 9. The molecule has 1 atom stereocenters. The van der Waals surface area contributed by atoms with Gasteiger partial charge in [-0.2, -0.15) is 0 Å². The molecule has 1 heterocycles. The predicted octanol–water partition coefficient (Wildman–Crippen LogP) is 4.64. The van der Waals surface area contributed by atoms with Gasteiger partial charge in [0.05, 0.1) is 12.8 Å². The Morgan fingerprint density at radius 3 is 2.41 bits per heavy atom. The minimum Gasteiger partial charge on any atom is -0.495 e. The summed E-state index contributed by atoms with van der Waals surface area (Å²) in [5, 5.41) is 5.63. The molecule has 1 aromatic heterocycles. The fraction of sp³-hybridized carbons (Fsp3) is 0.333. The van der Waals surface area contributed by atoms with Gasteiger partial charge in [-0.1, -0.05) is 18.2 Å². The lowest BCUT2D eigenvalue weighted by molar-refractivity contribution is -0.128. The van der Waals surface area contributed by atoms with Crippen LogP contribution in [-0.4, -0.2) is 42.4 Å². The summed E-state index contributed by atoms with van der Waals surface area (Å²) < 4.78 is 11.6. The van der Waals surface area contributed by atoms with Crippen LogP contribution in [0, 0.1) is 5.92 Å². The predicted molar refractivity (Wildman–Crippen MR) is 148 cm³/mol. The van der Waals surface area contributed by atoms with Crippen molar-refractivity contribution >= 4 is 23.4 Å². The lowest BCUT2D eigenvalue weighted by atomic mass is 9.99. The highest BCUT2D eigenvalue weighted by Crippen LogP contribution is 2.41. The Hall–Kier alpha value is -4.40. The summed E-state index contributed by atoms with van der Waals surface area (Å²) in [6.45, 7) is 5.65. The molecule has 1 aliphatic carbocycles. The van der Waals surface area contributed by atoms with Gasteiger partial charge in [-0.15, -0.1) is 0 Å². The molecule has 0 spiro atoms. The maximum atomic E-state index is 13.9. The minimum atomic E-state index is -1.04. The van der Waals surface area contributed by atoms with Crippen molar-refractivity contribution in [2.45, 2.75) is 45.2 Å². The molecule has 0 aliphatic heterocycles. The number of hydrogen-bond acceptors (Lipinski definition) is 6. The van der Waals surface area contributed by atoms with Crippen LogP contribution in [0.5, 0.6) is 17.4 Å². The number of nitrogens with one attached hydrogen (secondary N) is 2. The van der Waals surface area contributed by atoms with Crippen LogP contribution in [0.2, 0.25) is 0 Å². The average Bonchev–Trinajstić information content (AvgIpc) is 3.76. The average molecular weight is 531 g/mol. The fourth-order valence-electron chi connectivity index (χ4n) is 4.21. The van der Waals surface area contributed by atoms with E-state index in [-0.39, 0.29) is 23.6 Å². The van der Waals surface area contributed by atoms with Gasteiger partial charge in [0.2, 0.25) is 17.7 Å². The van der Waals surface area contributed by atoms with Crippen LogP contribution in [0.25, 0.3) is 0 Å². The molecule has 0 bridgehead atoms. The molecule has 3 aromatic rings. The number of pyridine rings is 1. The first kappa shape index (κ1) is 27.6. The second-order valence-corrected chi connectivity index (χ2v) is 10.4. The largest absolute Gasteiger partial charge is 0.495 e. The monoisotopic (exact) mass is 530 g/mol. The van der Waals surface area contributed by atoms with Gasteiger partial charge >= 0.3 is 0 Å². The van der Waals surface area contributed by atoms with Crippen LogP contribution in [0.4, 0.5) is 5.69 Å². The molecule has 0 radical (unpaired) electrons. The van der Waals surface area contributed by atoms with Crippen molar-refractivity contribution in [3.63, 3.8) is 0 Å². The Kier molecular flexibility index (Phi) is 8.18. The number of aromatic nitrogens is 1. The van der Waals surface area contributed by atoms with Crippen LogP contribution in [0.1, 0.15) is 55.6 Å². The zero-order valence-electron chi connectivity index (χ0n) is 22.9. The van der Waals surface area contributed by atoms with Crippen molar-refractivity contribution < 1.29 is 23.9 Å². The fourth-order valence-corrected chi connectivity index (χ4v) is 4.21. The van der Waals surface area contributed by atoms with Crippen molar-refractivity contribution in [2.75, 3.05) is 19.1 Å². The molecule has 4 rings (SSSR count). The van der Waals surface area contributed by atoms with Gasteiger partial charge in [0.1, 0.15) is 17.5 Å². The Balaban J connectivity index is 1.85. The number of amides is 3. The number of ether oxygens (including phenoxy) is 2.